The largest absolute Gasteiger partial charge is 0.481 e. The molecule has 0 bridgehead atoms. The van der Waals surface area contributed by atoms with Crippen LogP contribution < -0.4 is 15.6 Å². The average Bonchev–Trinajstić information content (AvgIpc) is 2.44. The Bertz CT molecular complexity index is 653. The van der Waals surface area contributed by atoms with Gasteiger partial charge in [0.2, 0.25) is 0 Å². The van der Waals surface area contributed by atoms with E-state index in [4.69, 9.17) is 16.3 Å². The molecular formula is C14H11ClF2N2O2. The van der Waals surface area contributed by atoms with E-state index in [0.717, 1.165) is 12.1 Å². The molecule has 21 heavy (non-hydrogen) atoms. The number of benzene rings is 2. The first kappa shape index (κ1) is 15.1. The fraction of sp³-hybridized carbons (Fsp3) is 0.0714. The van der Waals surface area contributed by atoms with E-state index in [-0.39, 0.29) is 5.75 Å². The van der Waals surface area contributed by atoms with E-state index in [9.17, 15) is 13.6 Å². The fourth-order valence-corrected chi connectivity index (χ4v) is 1.67. The summed E-state index contributed by atoms with van der Waals surface area (Å²) in [6, 6.07) is 9.55. The molecule has 0 spiro atoms. The highest BCUT2D eigenvalue weighted by Gasteiger charge is 2.07. The predicted octanol–water partition coefficient (Wildman–Crippen LogP) is 3.14. The molecule has 0 aliphatic rings. The van der Waals surface area contributed by atoms with Gasteiger partial charge in [0.1, 0.15) is 5.82 Å². The van der Waals surface area contributed by atoms with Gasteiger partial charge in [-0.15, -0.1) is 0 Å². The van der Waals surface area contributed by atoms with Crippen molar-refractivity contribution in [3.63, 3.8) is 0 Å². The van der Waals surface area contributed by atoms with Gasteiger partial charge in [0.25, 0.3) is 5.91 Å². The summed E-state index contributed by atoms with van der Waals surface area (Å²) in [6.07, 6.45) is 0. The second-order valence-electron chi connectivity index (χ2n) is 4.05. The van der Waals surface area contributed by atoms with Crippen LogP contribution >= 0.6 is 11.6 Å². The van der Waals surface area contributed by atoms with Gasteiger partial charge in [-0.2, -0.15) is 0 Å². The standard InChI is InChI=1S/C14H11ClF2N2O2/c15-9-2-1-3-11(6-9)18-19-14(20)8-21-13-5-4-10(16)7-12(13)17/h1-7,18H,8H2,(H,19,20). The fourth-order valence-electron chi connectivity index (χ4n) is 1.48. The lowest BCUT2D eigenvalue weighted by atomic mass is 10.3. The van der Waals surface area contributed by atoms with Gasteiger partial charge in [0.15, 0.2) is 18.2 Å². The molecule has 2 N–H and O–H groups in total. The first-order valence-electron chi connectivity index (χ1n) is 5.93. The zero-order valence-corrected chi connectivity index (χ0v) is 11.5. The quantitative estimate of drug-likeness (QED) is 0.834. The summed E-state index contributed by atoms with van der Waals surface area (Å²) in [6.45, 7) is -0.421. The number of hydrazine groups is 1. The minimum absolute atomic E-state index is 0.200. The SMILES string of the molecule is O=C(COc1ccc(F)cc1F)NNc1cccc(Cl)c1. The zero-order chi connectivity index (χ0) is 15.2. The van der Waals surface area contributed by atoms with Gasteiger partial charge in [-0.05, 0) is 30.3 Å². The monoisotopic (exact) mass is 312 g/mol. The van der Waals surface area contributed by atoms with Crippen LogP contribution in [-0.4, -0.2) is 12.5 Å². The molecule has 2 rings (SSSR count). The Hall–Kier alpha value is -2.34. The van der Waals surface area contributed by atoms with Crippen molar-refractivity contribution in [2.45, 2.75) is 0 Å². The molecule has 7 heteroatoms. The van der Waals surface area contributed by atoms with Crippen molar-refractivity contribution >= 4 is 23.2 Å². The third-order valence-electron chi connectivity index (χ3n) is 2.42. The third-order valence-corrected chi connectivity index (χ3v) is 2.66. The van der Waals surface area contributed by atoms with Crippen molar-refractivity contribution in [3.05, 3.63) is 59.1 Å². The molecule has 0 saturated heterocycles. The number of anilines is 1. The van der Waals surface area contributed by atoms with E-state index < -0.39 is 24.1 Å². The molecule has 2 aromatic carbocycles. The lowest BCUT2D eigenvalue weighted by Gasteiger charge is -2.10. The maximum atomic E-state index is 13.3. The number of hydrogen-bond acceptors (Lipinski definition) is 3. The second-order valence-corrected chi connectivity index (χ2v) is 4.48. The smallest absolute Gasteiger partial charge is 0.276 e. The average molecular weight is 313 g/mol. The van der Waals surface area contributed by atoms with Crippen LogP contribution in [0.1, 0.15) is 0 Å². The Balaban J connectivity index is 1.82. The summed E-state index contributed by atoms with van der Waals surface area (Å²) >= 11 is 5.78. The van der Waals surface area contributed by atoms with Crippen LogP contribution in [-0.2, 0) is 4.79 Å². The number of nitrogens with one attached hydrogen (secondary N) is 2. The molecule has 0 atom stereocenters. The lowest BCUT2D eigenvalue weighted by molar-refractivity contribution is -0.122. The molecule has 2 aromatic rings. The minimum Gasteiger partial charge on any atom is -0.481 e. The summed E-state index contributed by atoms with van der Waals surface area (Å²) in [5, 5.41) is 0.513. The maximum Gasteiger partial charge on any atom is 0.276 e. The van der Waals surface area contributed by atoms with E-state index in [2.05, 4.69) is 10.9 Å². The Morgan fingerprint density at radius 3 is 2.71 bits per heavy atom. The van der Waals surface area contributed by atoms with Crippen LogP contribution in [0.25, 0.3) is 0 Å². The predicted molar refractivity (Wildman–Crippen MR) is 75.1 cm³/mol. The second kappa shape index (κ2) is 6.90. The molecule has 0 saturated carbocycles. The van der Waals surface area contributed by atoms with E-state index in [1.807, 2.05) is 0 Å². The zero-order valence-electron chi connectivity index (χ0n) is 10.7. The van der Waals surface area contributed by atoms with E-state index in [1.165, 1.54) is 0 Å². The topological polar surface area (TPSA) is 50.4 Å². The lowest BCUT2D eigenvalue weighted by Crippen LogP contribution is -2.33. The third kappa shape index (κ3) is 4.61. The molecule has 0 fully saturated rings. The van der Waals surface area contributed by atoms with E-state index >= 15 is 0 Å². The Labute approximate surface area is 124 Å². The molecule has 0 aromatic heterocycles. The number of halogens is 3. The minimum atomic E-state index is -0.870. The number of carbonyl (C=O) groups excluding carboxylic acids is 1. The summed E-state index contributed by atoms with van der Waals surface area (Å²) < 4.78 is 30.9. The molecule has 110 valence electrons. The van der Waals surface area contributed by atoms with Gasteiger partial charge >= 0.3 is 0 Å². The van der Waals surface area contributed by atoms with Crippen molar-refractivity contribution in [2.75, 3.05) is 12.0 Å². The molecule has 0 radical (unpaired) electrons. The molecule has 1 amide bonds. The maximum absolute atomic E-state index is 13.3. The van der Waals surface area contributed by atoms with Crippen LogP contribution in [0.3, 0.4) is 0 Å². The molecule has 0 heterocycles. The molecule has 4 nitrogen and oxygen atoms in total. The molecule has 0 aliphatic carbocycles. The van der Waals surface area contributed by atoms with Gasteiger partial charge in [0, 0.05) is 11.1 Å². The van der Waals surface area contributed by atoms with Gasteiger partial charge in [-0.25, -0.2) is 8.78 Å². The van der Waals surface area contributed by atoms with Crippen LogP contribution in [0.4, 0.5) is 14.5 Å². The van der Waals surface area contributed by atoms with Crippen molar-refractivity contribution in [1.82, 2.24) is 5.43 Å². The number of carbonyl (C=O) groups is 1. The van der Waals surface area contributed by atoms with Gasteiger partial charge in [-0.3, -0.25) is 15.6 Å². The summed E-state index contributed by atoms with van der Waals surface area (Å²) in [7, 11) is 0. The van der Waals surface area contributed by atoms with Crippen molar-refractivity contribution in [3.8, 4) is 5.75 Å². The highest BCUT2D eigenvalue weighted by molar-refractivity contribution is 6.30. The highest BCUT2D eigenvalue weighted by Crippen LogP contribution is 2.17. The van der Waals surface area contributed by atoms with Crippen molar-refractivity contribution in [2.24, 2.45) is 0 Å². The first-order chi connectivity index (χ1) is 10.0. The van der Waals surface area contributed by atoms with E-state index in [1.54, 1.807) is 24.3 Å². The first-order valence-corrected chi connectivity index (χ1v) is 6.30. The van der Waals surface area contributed by atoms with Crippen LogP contribution in [0.5, 0.6) is 5.75 Å². The van der Waals surface area contributed by atoms with E-state index in [0.29, 0.717) is 16.8 Å². The highest BCUT2D eigenvalue weighted by atomic mass is 35.5. The number of ether oxygens (including phenoxy) is 1. The summed E-state index contributed by atoms with van der Waals surface area (Å²) in [4.78, 5) is 11.5. The van der Waals surface area contributed by atoms with Gasteiger partial charge in [-0.1, -0.05) is 17.7 Å². The number of rotatable bonds is 5. The molecule has 0 aliphatic heterocycles. The number of amides is 1. The number of hydrogen-bond donors (Lipinski definition) is 2. The van der Waals surface area contributed by atoms with Crippen molar-refractivity contribution in [1.29, 1.82) is 0 Å². The van der Waals surface area contributed by atoms with Gasteiger partial charge < -0.3 is 4.74 Å². The van der Waals surface area contributed by atoms with Crippen LogP contribution in [0.15, 0.2) is 42.5 Å². The van der Waals surface area contributed by atoms with Crippen LogP contribution in [0.2, 0.25) is 5.02 Å². The van der Waals surface area contributed by atoms with Gasteiger partial charge in [0.05, 0.1) is 5.69 Å². The van der Waals surface area contributed by atoms with Crippen molar-refractivity contribution < 1.29 is 18.3 Å². The molecule has 0 unspecified atom stereocenters. The molecular weight excluding hydrogens is 302 g/mol. The Morgan fingerprint density at radius 1 is 1.19 bits per heavy atom. The Kier molecular flexibility index (Phi) is 4.94. The normalized spacial score (nSPS) is 10.0. The van der Waals surface area contributed by atoms with Crippen LogP contribution in [0, 0.1) is 11.6 Å². The summed E-state index contributed by atoms with van der Waals surface area (Å²) in [5.74, 6) is -2.31. The summed E-state index contributed by atoms with van der Waals surface area (Å²) in [5.41, 5.74) is 5.57. The Morgan fingerprint density at radius 2 is 2.00 bits per heavy atom.